The number of rotatable bonds is 3. The Morgan fingerprint density at radius 1 is 1.60 bits per heavy atom. The fourth-order valence-corrected chi connectivity index (χ4v) is 1.59. The topological polar surface area (TPSA) is 23.1 Å². The van der Waals surface area contributed by atoms with E-state index in [0.29, 0.717) is 0 Å². The van der Waals surface area contributed by atoms with Crippen LogP contribution in [0.4, 0.5) is 0 Å². The molecule has 1 rings (SSSR count). The molecule has 0 aromatic rings. The second-order valence-electron chi connectivity index (χ2n) is 3.08. The van der Waals surface area contributed by atoms with Crippen molar-refractivity contribution in [3.05, 3.63) is 0 Å². The van der Waals surface area contributed by atoms with Gasteiger partial charge in [0.25, 0.3) is 0 Å². The van der Waals surface area contributed by atoms with Gasteiger partial charge in [0.05, 0.1) is 6.61 Å². The van der Waals surface area contributed by atoms with E-state index in [1.54, 1.807) is 0 Å². The summed E-state index contributed by atoms with van der Waals surface area (Å²) in [6, 6.07) is 0.728. The molecular formula is C8H16NO. The van der Waals surface area contributed by atoms with E-state index in [2.05, 4.69) is 11.8 Å². The first kappa shape index (κ1) is 8.02. The van der Waals surface area contributed by atoms with Gasteiger partial charge in [-0.1, -0.05) is 0 Å². The van der Waals surface area contributed by atoms with E-state index in [-0.39, 0.29) is 6.61 Å². The Balaban J connectivity index is 2.14. The molecule has 1 radical (unpaired) electrons. The third-order valence-electron chi connectivity index (χ3n) is 2.28. The minimum Gasteiger partial charge on any atom is -0.301 e. The SMILES string of the molecule is CC1CCCN1CCC[O]. The van der Waals surface area contributed by atoms with Crippen LogP contribution in [0.25, 0.3) is 0 Å². The lowest BCUT2D eigenvalue weighted by molar-refractivity contribution is 0.163. The third-order valence-corrected chi connectivity index (χ3v) is 2.28. The first-order valence-corrected chi connectivity index (χ1v) is 4.16. The minimum atomic E-state index is 0.0865. The zero-order valence-corrected chi connectivity index (χ0v) is 6.68. The first-order valence-electron chi connectivity index (χ1n) is 4.16. The summed E-state index contributed by atoms with van der Waals surface area (Å²) in [6.45, 7) is 4.56. The molecule has 2 nitrogen and oxygen atoms in total. The maximum Gasteiger partial charge on any atom is 0.0834 e. The summed E-state index contributed by atoms with van der Waals surface area (Å²) in [4.78, 5) is 2.41. The Kier molecular flexibility index (Phi) is 3.16. The van der Waals surface area contributed by atoms with Crippen molar-refractivity contribution >= 4 is 0 Å². The molecule has 0 amide bonds. The van der Waals surface area contributed by atoms with Crippen molar-refractivity contribution in [3.8, 4) is 0 Å². The molecule has 1 aliphatic rings. The summed E-state index contributed by atoms with van der Waals surface area (Å²) in [7, 11) is 0. The molecule has 0 aromatic heterocycles. The van der Waals surface area contributed by atoms with Gasteiger partial charge in [-0.05, 0) is 32.7 Å². The average molecular weight is 142 g/mol. The lowest BCUT2D eigenvalue weighted by Crippen LogP contribution is -2.28. The molecule has 10 heavy (non-hydrogen) atoms. The van der Waals surface area contributed by atoms with Gasteiger partial charge < -0.3 is 4.90 Å². The Morgan fingerprint density at radius 3 is 2.90 bits per heavy atom. The van der Waals surface area contributed by atoms with Crippen molar-refractivity contribution < 1.29 is 5.11 Å². The van der Waals surface area contributed by atoms with Crippen molar-refractivity contribution in [2.75, 3.05) is 19.7 Å². The van der Waals surface area contributed by atoms with E-state index in [4.69, 9.17) is 0 Å². The fourth-order valence-electron chi connectivity index (χ4n) is 1.59. The highest BCUT2D eigenvalue weighted by atomic mass is 16.3. The van der Waals surface area contributed by atoms with Crippen LogP contribution >= 0.6 is 0 Å². The van der Waals surface area contributed by atoms with Gasteiger partial charge in [-0.3, -0.25) is 0 Å². The number of hydrogen-bond acceptors (Lipinski definition) is 1. The second kappa shape index (κ2) is 3.94. The Bertz CT molecular complexity index is 95.3. The molecule has 0 aliphatic carbocycles. The van der Waals surface area contributed by atoms with Crippen LogP contribution in [0.15, 0.2) is 0 Å². The number of nitrogens with zero attached hydrogens (tertiary/aromatic N) is 1. The van der Waals surface area contributed by atoms with Gasteiger partial charge in [0.1, 0.15) is 0 Å². The summed E-state index contributed by atoms with van der Waals surface area (Å²) in [5, 5.41) is 10.2. The van der Waals surface area contributed by atoms with Gasteiger partial charge in [0.2, 0.25) is 0 Å². The molecule has 0 bridgehead atoms. The molecule has 1 unspecified atom stereocenters. The van der Waals surface area contributed by atoms with E-state index >= 15 is 0 Å². The predicted molar refractivity (Wildman–Crippen MR) is 40.4 cm³/mol. The summed E-state index contributed by atoms with van der Waals surface area (Å²) in [5.74, 6) is 0. The van der Waals surface area contributed by atoms with Crippen molar-refractivity contribution in [2.45, 2.75) is 32.2 Å². The lowest BCUT2D eigenvalue weighted by atomic mass is 10.2. The Labute approximate surface area is 62.8 Å². The Hall–Kier alpha value is -0.0800. The van der Waals surface area contributed by atoms with Crippen LogP contribution < -0.4 is 0 Å². The minimum absolute atomic E-state index is 0.0865. The quantitative estimate of drug-likeness (QED) is 0.582. The van der Waals surface area contributed by atoms with Crippen molar-refractivity contribution in [1.29, 1.82) is 0 Å². The zero-order chi connectivity index (χ0) is 7.40. The van der Waals surface area contributed by atoms with Gasteiger partial charge >= 0.3 is 0 Å². The van der Waals surface area contributed by atoms with Crippen molar-refractivity contribution in [1.82, 2.24) is 4.90 Å². The molecule has 1 saturated heterocycles. The van der Waals surface area contributed by atoms with E-state index in [1.165, 1.54) is 19.4 Å². The second-order valence-corrected chi connectivity index (χ2v) is 3.08. The largest absolute Gasteiger partial charge is 0.301 e. The normalized spacial score (nSPS) is 27.6. The summed E-state index contributed by atoms with van der Waals surface area (Å²) in [5.41, 5.74) is 0. The van der Waals surface area contributed by atoms with E-state index in [1.807, 2.05) is 0 Å². The van der Waals surface area contributed by atoms with Crippen LogP contribution in [0.2, 0.25) is 0 Å². The highest BCUT2D eigenvalue weighted by Crippen LogP contribution is 2.15. The van der Waals surface area contributed by atoms with Crippen molar-refractivity contribution in [2.24, 2.45) is 0 Å². The highest BCUT2D eigenvalue weighted by Gasteiger charge is 2.18. The maximum absolute atomic E-state index is 10.2. The summed E-state index contributed by atoms with van der Waals surface area (Å²) < 4.78 is 0. The fraction of sp³-hybridized carbons (Fsp3) is 1.00. The van der Waals surface area contributed by atoms with Gasteiger partial charge in [-0.15, -0.1) is 0 Å². The van der Waals surface area contributed by atoms with E-state index in [9.17, 15) is 5.11 Å². The molecule has 1 atom stereocenters. The molecule has 0 saturated carbocycles. The number of hydrogen-bond donors (Lipinski definition) is 0. The average Bonchev–Trinajstić information content (AvgIpc) is 2.31. The van der Waals surface area contributed by atoms with Crippen LogP contribution in [-0.4, -0.2) is 30.6 Å². The van der Waals surface area contributed by atoms with Gasteiger partial charge in [-0.25, -0.2) is 5.11 Å². The van der Waals surface area contributed by atoms with Crippen LogP contribution in [0.5, 0.6) is 0 Å². The molecule has 0 N–H and O–H groups in total. The molecule has 0 spiro atoms. The van der Waals surface area contributed by atoms with Crippen LogP contribution in [-0.2, 0) is 5.11 Å². The van der Waals surface area contributed by atoms with Gasteiger partial charge in [-0.2, -0.15) is 0 Å². The van der Waals surface area contributed by atoms with Crippen molar-refractivity contribution in [3.63, 3.8) is 0 Å². The van der Waals surface area contributed by atoms with E-state index in [0.717, 1.165) is 19.0 Å². The lowest BCUT2D eigenvalue weighted by Gasteiger charge is -2.19. The molecule has 59 valence electrons. The zero-order valence-electron chi connectivity index (χ0n) is 6.68. The third kappa shape index (κ3) is 1.96. The van der Waals surface area contributed by atoms with Crippen LogP contribution in [0.3, 0.4) is 0 Å². The van der Waals surface area contributed by atoms with Crippen LogP contribution in [0.1, 0.15) is 26.2 Å². The summed E-state index contributed by atoms with van der Waals surface area (Å²) in [6.07, 6.45) is 3.46. The maximum atomic E-state index is 10.2. The number of likely N-dealkylation sites (tertiary alicyclic amines) is 1. The monoisotopic (exact) mass is 142 g/mol. The molecule has 1 aliphatic heterocycles. The molecule has 1 heterocycles. The Morgan fingerprint density at radius 2 is 2.40 bits per heavy atom. The smallest absolute Gasteiger partial charge is 0.0834 e. The highest BCUT2D eigenvalue weighted by molar-refractivity contribution is 4.74. The van der Waals surface area contributed by atoms with Gasteiger partial charge in [0, 0.05) is 12.6 Å². The molecule has 0 aromatic carbocycles. The van der Waals surface area contributed by atoms with Crippen LogP contribution in [0, 0.1) is 0 Å². The van der Waals surface area contributed by atoms with Gasteiger partial charge in [0.15, 0.2) is 0 Å². The summed E-state index contributed by atoms with van der Waals surface area (Å²) >= 11 is 0. The molecule has 1 fully saturated rings. The standard InChI is InChI=1S/C8H16NO/c1-8-4-2-5-9(8)6-3-7-10/h8H,2-7H2,1H3. The first-order chi connectivity index (χ1) is 4.84. The van der Waals surface area contributed by atoms with E-state index < -0.39 is 0 Å². The predicted octanol–water partition coefficient (Wildman–Crippen LogP) is 1.29. The molecular weight excluding hydrogens is 126 g/mol. The molecule has 2 heteroatoms.